The number of carbonyl (C=O) groups is 2. The zero-order valence-electron chi connectivity index (χ0n) is 15.5. The van der Waals surface area contributed by atoms with Crippen molar-refractivity contribution in [2.75, 3.05) is 11.9 Å². The lowest BCUT2D eigenvalue weighted by atomic mass is 9.98. The lowest BCUT2D eigenvalue weighted by Crippen LogP contribution is -2.22. The van der Waals surface area contributed by atoms with Crippen LogP contribution in [0.1, 0.15) is 22.5 Å². The van der Waals surface area contributed by atoms with Crippen LogP contribution in [0.4, 0.5) is 10.1 Å². The average Bonchev–Trinajstić information content (AvgIpc) is 2.98. The summed E-state index contributed by atoms with van der Waals surface area (Å²) in [6, 6.07) is 9.58. The van der Waals surface area contributed by atoms with Gasteiger partial charge in [-0.2, -0.15) is 0 Å². The van der Waals surface area contributed by atoms with Gasteiger partial charge in [0.05, 0.1) is 11.3 Å². The topological polar surface area (TPSA) is 134 Å². The predicted octanol–water partition coefficient (Wildman–Crippen LogP) is 2.11. The first-order valence-electron chi connectivity index (χ1n) is 8.94. The van der Waals surface area contributed by atoms with Crippen molar-refractivity contribution in [1.82, 2.24) is 10.3 Å². The minimum Gasteiger partial charge on any atom is -0.350 e. The van der Waals surface area contributed by atoms with Crippen LogP contribution in [-0.4, -0.2) is 31.8 Å². The summed E-state index contributed by atoms with van der Waals surface area (Å²) in [4.78, 5) is 27.9. The maximum Gasteiger partial charge on any atom is 0.268 e. The van der Waals surface area contributed by atoms with E-state index in [4.69, 9.17) is 5.14 Å². The molecule has 10 heteroatoms. The van der Waals surface area contributed by atoms with E-state index in [-0.39, 0.29) is 35.4 Å². The van der Waals surface area contributed by atoms with Gasteiger partial charge in [-0.1, -0.05) is 6.08 Å². The summed E-state index contributed by atoms with van der Waals surface area (Å²) in [5.41, 5.74) is 2.30. The summed E-state index contributed by atoms with van der Waals surface area (Å²) < 4.78 is 36.5. The highest BCUT2D eigenvalue weighted by Gasteiger charge is 2.24. The number of primary sulfonamides is 1. The van der Waals surface area contributed by atoms with Gasteiger partial charge in [0.15, 0.2) is 0 Å². The highest BCUT2D eigenvalue weighted by Crippen LogP contribution is 2.33. The third kappa shape index (κ3) is 3.82. The highest BCUT2D eigenvalue weighted by atomic mass is 32.2. The second-order valence-electron chi connectivity index (χ2n) is 6.80. The summed E-state index contributed by atoms with van der Waals surface area (Å²) in [6.45, 7) is 0.226. The molecule has 1 aromatic heterocycles. The zero-order chi connectivity index (χ0) is 21.5. The first-order chi connectivity index (χ1) is 14.2. The maximum atomic E-state index is 13.8. The molecule has 154 valence electrons. The van der Waals surface area contributed by atoms with Crippen LogP contribution in [0.25, 0.3) is 16.5 Å². The smallest absolute Gasteiger partial charge is 0.268 e. The molecule has 0 fully saturated rings. The minimum atomic E-state index is -3.83. The average molecular weight is 428 g/mol. The molecule has 2 aromatic carbocycles. The van der Waals surface area contributed by atoms with Crippen molar-refractivity contribution in [2.24, 2.45) is 5.14 Å². The SMILES string of the molecule is NS(=O)(=O)c1ccc(NC(=O)CC2=CCNC(=O)c3[nH]c4ccc(F)cc4c32)cc1. The molecule has 0 unspecified atom stereocenters. The van der Waals surface area contributed by atoms with Gasteiger partial charge in [-0.15, -0.1) is 0 Å². The molecule has 1 aliphatic rings. The van der Waals surface area contributed by atoms with Crippen LogP contribution in [0, 0.1) is 5.82 Å². The van der Waals surface area contributed by atoms with Gasteiger partial charge >= 0.3 is 0 Å². The molecule has 0 atom stereocenters. The molecular weight excluding hydrogens is 411 g/mol. The van der Waals surface area contributed by atoms with Crippen LogP contribution in [0.2, 0.25) is 0 Å². The molecule has 0 bridgehead atoms. The fourth-order valence-electron chi connectivity index (χ4n) is 3.39. The van der Waals surface area contributed by atoms with Gasteiger partial charge in [-0.3, -0.25) is 9.59 Å². The Morgan fingerprint density at radius 2 is 1.90 bits per heavy atom. The number of sulfonamides is 1. The second kappa shape index (κ2) is 7.39. The Labute approximate surface area is 171 Å². The van der Waals surface area contributed by atoms with Crippen LogP contribution < -0.4 is 15.8 Å². The zero-order valence-corrected chi connectivity index (χ0v) is 16.3. The Morgan fingerprint density at radius 1 is 1.17 bits per heavy atom. The number of anilines is 1. The van der Waals surface area contributed by atoms with Crippen molar-refractivity contribution in [1.29, 1.82) is 0 Å². The fourth-order valence-corrected chi connectivity index (χ4v) is 3.91. The molecule has 8 nitrogen and oxygen atoms in total. The molecule has 3 aromatic rings. The molecule has 30 heavy (non-hydrogen) atoms. The van der Waals surface area contributed by atoms with E-state index in [9.17, 15) is 22.4 Å². The van der Waals surface area contributed by atoms with Crippen molar-refractivity contribution < 1.29 is 22.4 Å². The van der Waals surface area contributed by atoms with Crippen LogP contribution >= 0.6 is 0 Å². The molecule has 2 heterocycles. The summed E-state index contributed by atoms with van der Waals surface area (Å²) in [5.74, 6) is -1.17. The van der Waals surface area contributed by atoms with Gasteiger partial charge in [0.2, 0.25) is 15.9 Å². The quantitative estimate of drug-likeness (QED) is 0.506. The van der Waals surface area contributed by atoms with E-state index in [2.05, 4.69) is 15.6 Å². The summed E-state index contributed by atoms with van der Waals surface area (Å²) >= 11 is 0. The normalized spacial score (nSPS) is 13.9. The van der Waals surface area contributed by atoms with Crippen molar-refractivity contribution in [3.05, 3.63) is 65.6 Å². The largest absolute Gasteiger partial charge is 0.350 e. The Morgan fingerprint density at radius 3 is 2.60 bits per heavy atom. The van der Waals surface area contributed by atoms with E-state index < -0.39 is 15.8 Å². The van der Waals surface area contributed by atoms with Crippen LogP contribution in [0.3, 0.4) is 0 Å². The first-order valence-corrected chi connectivity index (χ1v) is 10.5. The standard InChI is InChI=1S/C20H17FN4O4S/c21-12-1-6-16-15(10-12)18-11(7-8-23-20(27)19(18)25-16)9-17(26)24-13-2-4-14(5-3-13)30(22,28)29/h1-7,10,25H,8-9H2,(H,23,27)(H,24,26)(H2,22,28,29). The monoisotopic (exact) mass is 428 g/mol. The van der Waals surface area contributed by atoms with Crippen LogP contribution in [0.5, 0.6) is 0 Å². The van der Waals surface area contributed by atoms with E-state index in [0.717, 1.165) is 0 Å². The van der Waals surface area contributed by atoms with E-state index in [0.29, 0.717) is 27.7 Å². The summed E-state index contributed by atoms with van der Waals surface area (Å²) in [5, 5.41) is 11.0. The van der Waals surface area contributed by atoms with Crippen molar-refractivity contribution >= 4 is 44.0 Å². The highest BCUT2D eigenvalue weighted by molar-refractivity contribution is 7.89. The Kier molecular flexibility index (Phi) is 4.88. The number of nitrogens with one attached hydrogen (secondary N) is 3. The minimum absolute atomic E-state index is 0.0671. The van der Waals surface area contributed by atoms with Crippen molar-refractivity contribution in [3.8, 4) is 0 Å². The maximum absolute atomic E-state index is 13.8. The molecule has 0 saturated heterocycles. The number of aromatic amines is 1. The number of benzene rings is 2. The number of nitrogens with two attached hydrogens (primary N) is 1. The van der Waals surface area contributed by atoms with E-state index in [1.807, 2.05) is 0 Å². The number of rotatable bonds is 4. The number of amides is 2. The van der Waals surface area contributed by atoms with Crippen LogP contribution in [-0.2, 0) is 14.8 Å². The number of hydrogen-bond acceptors (Lipinski definition) is 4. The van der Waals surface area contributed by atoms with Gasteiger partial charge in [0.1, 0.15) is 11.5 Å². The molecule has 0 saturated carbocycles. The molecule has 0 spiro atoms. The molecule has 0 radical (unpaired) electrons. The van der Waals surface area contributed by atoms with Crippen LogP contribution in [0.15, 0.2) is 53.4 Å². The Balaban J connectivity index is 1.62. The molecule has 5 N–H and O–H groups in total. The lowest BCUT2D eigenvalue weighted by Gasteiger charge is -2.09. The summed E-state index contributed by atoms with van der Waals surface area (Å²) in [7, 11) is -3.83. The molecule has 1 aliphatic heterocycles. The first kappa shape index (κ1) is 19.8. The van der Waals surface area contributed by atoms with Gasteiger partial charge < -0.3 is 15.6 Å². The van der Waals surface area contributed by atoms with Crippen molar-refractivity contribution in [2.45, 2.75) is 11.3 Å². The Bertz CT molecular complexity index is 1310. The number of H-pyrrole nitrogens is 1. The van der Waals surface area contributed by atoms with Crippen molar-refractivity contribution in [3.63, 3.8) is 0 Å². The third-order valence-corrected chi connectivity index (χ3v) is 5.67. The lowest BCUT2D eigenvalue weighted by molar-refractivity contribution is -0.115. The number of aromatic nitrogens is 1. The second-order valence-corrected chi connectivity index (χ2v) is 8.36. The number of fused-ring (bicyclic) bond motifs is 3. The number of hydrogen-bond donors (Lipinski definition) is 4. The van der Waals surface area contributed by atoms with Gasteiger partial charge in [-0.05, 0) is 48.0 Å². The van der Waals surface area contributed by atoms with E-state index in [1.165, 1.54) is 42.5 Å². The number of carbonyl (C=O) groups excluding carboxylic acids is 2. The predicted molar refractivity (Wildman–Crippen MR) is 110 cm³/mol. The molecule has 0 aliphatic carbocycles. The molecule has 2 amide bonds. The summed E-state index contributed by atoms with van der Waals surface area (Å²) in [6.07, 6.45) is 1.65. The van der Waals surface area contributed by atoms with Gasteiger partial charge in [0, 0.05) is 28.7 Å². The molecular formula is C20H17FN4O4S. The number of halogens is 1. The fraction of sp³-hybridized carbons (Fsp3) is 0.100. The van der Waals surface area contributed by atoms with Gasteiger partial charge in [0.25, 0.3) is 5.91 Å². The van der Waals surface area contributed by atoms with E-state index >= 15 is 0 Å². The van der Waals surface area contributed by atoms with E-state index in [1.54, 1.807) is 6.08 Å². The van der Waals surface area contributed by atoms with Gasteiger partial charge in [-0.25, -0.2) is 17.9 Å². The Hall–Kier alpha value is -3.50. The molecule has 4 rings (SSSR count). The third-order valence-electron chi connectivity index (χ3n) is 4.74.